The Kier molecular flexibility index (Phi) is 8.08. The van der Waals surface area contributed by atoms with Gasteiger partial charge in [-0.1, -0.05) is 170 Å². The van der Waals surface area contributed by atoms with Crippen LogP contribution in [0.15, 0.2) is 224 Å². The molecule has 0 saturated heterocycles. The van der Waals surface area contributed by atoms with Crippen LogP contribution in [-0.4, -0.2) is 5.60 Å². The number of fused-ring (bicyclic) bond motifs is 9. The summed E-state index contributed by atoms with van der Waals surface area (Å²) in [6.45, 7) is 2.19. The fourth-order valence-electron chi connectivity index (χ4n) is 10.0. The maximum atomic E-state index is 6.78. The molecule has 0 fully saturated rings. The van der Waals surface area contributed by atoms with E-state index in [1.165, 1.54) is 70.9 Å². The monoisotopic (exact) mass is 779 g/mol. The zero-order chi connectivity index (χ0) is 40.5. The number of allylic oxidation sites excluding steroid dienone is 2. The third kappa shape index (κ3) is 5.79. The second-order valence-electron chi connectivity index (χ2n) is 16.6. The molecule has 0 bridgehead atoms. The van der Waals surface area contributed by atoms with Crippen LogP contribution in [0.1, 0.15) is 18.4 Å². The van der Waals surface area contributed by atoms with Crippen molar-refractivity contribution in [3.05, 3.63) is 230 Å². The van der Waals surface area contributed by atoms with Gasteiger partial charge in [-0.2, -0.15) is 0 Å². The smallest absolute Gasteiger partial charge is 0.135 e. The Labute approximate surface area is 355 Å². The van der Waals surface area contributed by atoms with E-state index in [-0.39, 0.29) is 11.5 Å². The standard InChI is InChI=1S/C59H41NO/c1-59-34-11-10-29-57(59)54-28-14-27-49(58(54)61-59)39-30-32-44(33-31-39)60(45-19-12-17-40(35-45)55-37-42-15-2-4-21-47(42)50-23-6-8-25-52(50)55)46-20-13-18-41(36-46)56-38-43-16-3-5-22-48(43)51-24-7-9-26-53(51)56/h2-38,57H,1H3. The molecule has 2 nitrogen and oxygen atoms in total. The highest BCUT2D eigenvalue weighted by Gasteiger charge is 2.43. The fourth-order valence-corrected chi connectivity index (χ4v) is 10.0. The lowest BCUT2D eigenvalue weighted by atomic mass is 9.82. The summed E-state index contributed by atoms with van der Waals surface area (Å²) in [6, 6.07) is 73.4. The van der Waals surface area contributed by atoms with Gasteiger partial charge >= 0.3 is 0 Å². The normalized spacial score (nSPS) is 16.5. The van der Waals surface area contributed by atoms with Gasteiger partial charge in [0.1, 0.15) is 11.4 Å². The van der Waals surface area contributed by atoms with Gasteiger partial charge in [0.25, 0.3) is 0 Å². The van der Waals surface area contributed by atoms with E-state index in [0.717, 1.165) is 33.9 Å². The molecule has 61 heavy (non-hydrogen) atoms. The molecule has 1 heterocycles. The summed E-state index contributed by atoms with van der Waals surface area (Å²) in [5.41, 5.74) is 11.1. The van der Waals surface area contributed by atoms with Crippen molar-refractivity contribution in [1.29, 1.82) is 0 Å². The first-order valence-corrected chi connectivity index (χ1v) is 21.2. The summed E-state index contributed by atoms with van der Waals surface area (Å²) < 4.78 is 6.78. The predicted octanol–water partition coefficient (Wildman–Crippen LogP) is 16.1. The number of hydrogen-bond acceptors (Lipinski definition) is 2. The SMILES string of the molecule is CC12C=CC=CC1c1cccc(-c3ccc(N(c4cccc(-c5cc6ccccc6c6ccccc56)c4)c4cccc(-c5cc6ccccc6c6ccccc56)c4)cc3)c1O2. The van der Waals surface area contributed by atoms with E-state index < -0.39 is 0 Å². The van der Waals surface area contributed by atoms with E-state index in [1.54, 1.807) is 0 Å². The lowest BCUT2D eigenvalue weighted by Crippen LogP contribution is -2.32. The number of benzene rings is 10. The van der Waals surface area contributed by atoms with E-state index >= 15 is 0 Å². The van der Waals surface area contributed by atoms with Gasteiger partial charge < -0.3 is 9.64 Å². The Hall–Kier alpha value is -7.68. The van der Waals surface area contributed by atoms with E-state index in [0.29, 0.717) is 0 Å². The average Bonchev–Trinajstić information content (AvgIpc) is 3.64. The summed E-state index contributed by atoms with van der Waals surface area (Å²) >= 11 is 0. The van der Waals surface area contributed by atoms with Crippen molar-refractivity contribution in [3.63, 3.8) is 0 Å². The topological polar surface area (TPSA) is 12.5 Å². The van der Waals surface area contributed by atoms with Crippen LogP contribution in [0.2, 0.25) is 0 Å². The Morgan fingerprint density at radius 3 is 1.52 bits per heavy atom. The maximum absolute atomic E-state index is 6.78. The van der Waals surface area contributed by atoms with Crippen LogP contribution in [-0.2, 0) is 0 Å². The first-order chi connectivity index (χ1) is 30.1. The number of ether oxygens (including phenoxy) is 1. The summed E-state index contributed by atoms with van der Waals surface area (Å²) in [7, 11) is 0. The van der Waals surface area contributed by atoms with E-state index in [9.17, 15) is 0 Å². The van der Waals surface area contributed by atoms with Gasteiger partial charge in [-0.25, -0.2) is 0 Å². The summed E-state index contributed by atoms with van der Waals surface area (Å²) in [6.07, 6.45) is 8.68. The maximum Gasteiger partial charge on any atom is 0.135 e. The predicted molar refractivity (Wildman–Crippen MR) is 258 cm³/mol. The lowest BCUT2D eigenvalue weighted by Gasteiger charge is -2.27. The van der Waals surface area contributed by atoms with Crippen LogP contribution in [0.4, 0.5) is 17.1 Å². The van der Waals surface area contributed by atoms with Crippen molar-refractivity contribution >= 4 is 60.2 Å². The first kappa shape index (κ1) is 35.3. The van der Waals surface area contributed by atoms with Crippen LogP contribution < -0.4 is 9.64 Å². The average molecular weight is 780 g/mol. The molecule has 0 spiro atoms. The molecule has 2 atom stereocenters. The van der Waals surface area contributed by atoms with Gasteiger partial charge in [0.2, 0.25) is 0 Å². The second kappa shape index (κ2) is 14.0. The van der Waals surface area contributed by atoms with Gasteiger partial charge in [0.05, 0.1) is 0 Å². The number of nitrogens with zero attached hydrogens (tertiary/aromatic N) is 1. The van der Waals surface area contributed by atoms with E-state index in [2.05, 4.69) is 236 Å². The molecular weight excluding hydrogens is 739 g/mol. The quantitative estimate of drug-likeness (QED) is 0.156. The molecule has 2 heteroatoms. The van der Waals surface area contributed by atoms with Gasteiger partial charge in [-0.15, -0.1) is 0 Å². The molecule has 2 aliphatic rings. The number of anilines is 3. The molecule has 1 aliphatic carbocycles. The van der Waals surface area contributed by atoms with Crippen molar-refractivity contribution in [3.8, 4) is 39.1 Å². The largest absolute Gasteiger partial charge is 0.482 e. The fraction of sp³-hybridized carbons (Fsp3) is 0.0508. The number of hydrogen-bond donors (Lipinski definition) is 0. The Balaban J connectivity index is 1.02. The number of para-hydroxylation sites is 1. The summed E-state index contributed by atoms with van der Waals surface area (Å²) in [5.74, 6) is 1.17. The molecule has 1 aliphatic heterocycles. The van der Waals surface area contributed by atoms with Gasteiger partial charge in [-0.05, 0) is 132 Å². The lowest BCUT2D eigenvalue weighted by molar-refractivity contribution is 0.156. The first-order valence-electron chi connectivity index (χ1n) is 21.2. The van der Waals surface area contributed by atoms with Gasteiger partial charge in [0.15, 0.2) is 0 Å². The Morgan fingerprint density at radius 2 is 0.934 bits per heavy atom. The highest BCUT2D eigenvalue weighted by Crippen LogP contribution is 2.52. The zero-order valence-electron chi connectivity index (χ0n) is 33.8. The van der Waals surface area contributed by atoms with E-state index in [4.69, 9.17) is 4.74 Å². The molecule has 2 unspecified atom stereocenters. The van der Waals surface area contributed by atoms with E-state index in [1.807, 2.05) is 0 Å². The zero-order valence-corrected chi connectivity index (χ0v) is 33.8. The van der Waals surface area contributed by atoms with Crippen molar-refractivity contribution in [2.24, 2.45) is 0 Å². The molecule has 0 aromatic heterocycles. The van der Waals surface area contributed by atoms with Crippen molar-refractivity contribution in [2.75, 3.05) is 4.90 Å². The van der Waals surface area contributed by atoms with Gasteiger partial charge in [0, 0.05) is 34.1 Å². The molecule has 0 radical (unpaired) electrons. The molecule has 288 valence electrons. The molecule has 0 saturated carbocycles. The highest BCUT2D eigenvalue weighted by atomic mass is 16.5. The van der Waals surface area contributed by atoms with Crippen molar-refractivity contribution < 1.29 is 4.74 Å². The third-order valence-corrected chi connectivity index (χ3v) is 13.0. The van der Waals surface area contributed by atoms with Gasteiger partial charge in [-0.3, -0.25) is 0 Å². The third-order valence-electron chi connectivity index (χ3n) is 13.0. The molecule has 10 aromatic carbocycles. The highest BCUT2D eigenvalue weighted by molar-refractivity contribution is 6.15. The van der Waals surface area contributed by atoms with Crippen LogP contribution in [0.5, 0.6) is 5.75 Å². The summed E-state index contributed by atoms with van der Waals surface area (Å²) in [5, 5.41) is 10.0. The van der Waals surface area contributed by atoms with Crippen LogP contribution in [0, 0.1) is 0 Å². The molecule has 0 N–H and O–H groups in total. The van der Waals surface area contributed by atoms with Crippen molar-refractivity contribution in [1.82, 2.24) is 0 Å². The molecular formula is C59H41NO. The molecule has 12 rings (SSSR count). The van der Waals surface area contributed by atoms with Crippen LogP contribution in [0.3, 0.4) is 0 Å². The minimum Gasteiger partial charge on any atom is -0.482 e. The molecule has 0 amide bonds. The van der Waals surface area contributed by atoms with Crippen LogP contribution >= 0.6 is 0 Å². The second-order valence-corrected chi connectivity index (χ2v) is 16.6. The minimum atomic E-state index is -0.382. The molecule has 10 aromatic rings. The minimum absolute atomic E-state index is 0.196. The van der Waals surface area contributed by atoms with Crippen molar-refractivity contribution in [2.45, 2.75) is 18.4 Å². The summed E-state index contributed by atoms with van der Waals surface area (Å²) in [4.78, 5) is 2.40. The number of rotatable bonds is 6. The Morgan fingerprint density at radius 1 is 0.410 bits per heavy atom. The van der Waals surface area contributed by atoms with Crippen LogP contribution in [0.25, 0.3) is 76.5 Å². The Bertz CT molecular complexity index is 3270.